The number of hydrogen-bond acceptors (Lipinski definition) is 2. The van der Waals surface area contributed by atoms with Gasteiger partial charge in [0.25, 0.3) is 0 Å². The van der Waals surface area contributed by atoms with Gasteiger partial charge in [-0.1, -0.05) is 0 Å². The SMILES string of the molecule is CC(=O)[N+](C)(C)CC=O. The van der Waals surface area contributed by atoms with Gasteiger partial charge in [0, 0.05) is 0 Å². The van der Waals surface area contributed by atoms with Crippen LogP contribution >= 0.6 is 0 Å². The van der Waals surface area contributed by atoms with E-state index in [1.165, 1.54) is 6.92 Å². The van der Waals surface area contributed by atoms with E-state index < -0.39 is 0 Å². The Labute approximate surface area is 54.9 Å². The molecular weight excluding hydrogens is 118 g/mol. The lowest BCUT2D eigenvalue weighted by Gasteiger charge is -2.21. The van der Waals surface area contributed by atoms with Crippen molar-refractivity contribution in [3.63, 3.8) is 0 Å². The van der Waals surface area contributed by atoms with Crippen molar-refractivity contribution in [3.8, 4) is 0 Å². The molecule has 3 nitrogen and oxygen atoms in total. The van der Waals surface area contributed by atoms with Crippen molar-refractivity contribution in [2.24, 2.45) is 0 Å². The van der Waals surface area contributed by atoms with Gasteiger partial charge in [-0.3, -0.25) is 9.28 Å². The number of rotatable bonds is 2. The van der Waals surface area contributed by atoms with Crippen LogP contribution in [0.5, 0.6) is 0 Å². The molecule has 0 heterocycles. The van der Waals surface area contributed by atoms with Gasteiger partial charge >= 0.3 is 5.91 Å². The van der Waals surface area contributed by atoms with E-state index in [1.54, 1.807) is 14.1 Å². The summed E-state index contributed by atoms with van der Waals surface area (Å²) in [7, 11) is 3.41. The quantitative estimate of drug-likeness (QED) is 0.383. The third-order valence-electron chi connectivity index (χ3n) is 1.38. The van der Waals surface area contributed by atoms with Crippen molar-refractivity contribution in [1.29, 1.82) is 0 Å². The van der Waals surface area contributed by atoms with Crippen molar-refractivity contribution in [2.75, 3.05) is 20.6 Å². The van der Waals surface area contributed by atoms with Crippen LogP contribution in [-0.4, -0.2) is 37.3 Å². The summed E-state index contributed by atoms with van der Waals surface area (Å²) in [5, 5.41) is 0. The molecule has 0 saturated carbocycles. The summed E-state index contributed by atoms with van der Waals surface area (Å²) in [6.45, 7) is 1.73. The first kappa shape index (κ1) is 8.30. The number of amides is 1. The van der Waals surface area contributed by atoms with Gasteiger partial charge in [0.05, 0.1) is 21.0 Å². The van der Waals surface area contributed by atoms with Crippen LogP contribution in [0.25, 0.3) is 0 Å². The molecule has 0 rings (SSSR count). The third kappa shape index (κ3) is 2.37. The highest BCUT2D eigenvalue weighted by Gasteiger charge is 2.19. The van der Waals surface area contributed by atoms with Crippen molar-refractivity contribution >= 4 is 12.2 Å². The van der Waals surface area contributed by atoms with Crippen LogP contribution in [0.2, 0.25) is 0 Å². The van der Waals surface area contributed by atoms with Gasteiger partial charge in [-0.05, 0) is 0 Å². The van der Waals surface area contributed by atoms with Gasteiger partial charge in [0.2, 0.25) is 0 Å². The summed E-state index contributed by atoms with van der Waals surface area (Å²) in [6.07, 6.45) is 0.751. The number of nitrogens with zero attached hydrogens (tertiary/aromatic N) is 1. The molecule has 9 heavy (non-hydrogen) atoms. The van der Waals surface area contributed by atoms with Crippen LogP contribution in [0.15, 0.2) is 0 Å². The molecule has 0 aliphatic carbocycles. The fourth-order valence-electron chi connectivity index (χ4n) is 0.315. The average Bonchev–Trinajstić information content (AvgIpc) is 1.65. The maximum Gasteiger partial charge on any atom is 0.310 e. The zero-order valence-corrected chi connectivity index (χ0v) is 6.05. The first-order valence-electron chi connectivity index (χ1n) is 2.78. The molecule has 0 spiro atoms. The fourth-order valence-corrected chi connectivity index (χ4v) is 0.315. The highest BCUT2D eigenvalue weighted by molar-refractivity contribution is 5.67. The predicted octanol–water partition coefficient (Wildman–Crippen LogP) is -0.192. The molecule has 0 fully saturated rings. The van der Waals surface area contributed by atoms with E-state index in [1.807, 2.05) is 0 Å². The molecular formula is C6H12NO2+. The highest BCUT2D eigenvalue weighted by atomic mass is 16.2. The summed E-state index contributed by atoms with van der Waals surface area (Å²) in [5.74, 6) is 0.00194. The van der Waals surface area contributed by atoms with E-state index >= 15 is 0 Å². The molecule has 1 amide bonds. The predicted molar refractivity (Wildman–Crippen MR) is 33.7 cm³/mol. The largest absolute Gasteiger partial charge is 0.310 e. The second-order valence-electron chi connectivity index (χ2n) is 2.55. The lowest BCUT2D eigenvalue weighted by Crippen LogP contribution is -2.45. The van der Waals surface area contributed by atoms with Gasteiger partial charge in [-0.2, -0.15) is 0 Å². The minimum absolute atomic E-state index is 0.00194. The Morgan fingerprint density at radius 3 is 2.11 bits per heavy atom. The summed E-state index contributed by atoms with van der Waals surface area (Å²) < 4.78 is 0.142. The van der Waals surface area contributed by atoms with Crippen molar-refractivity contribution in [1.82, 2.24) is 0 Å². The Morgan fingerprint density at radius 1 is 1.56 bits per heavy atom. The van der Waals surface area contributed by atoms with Crippen LogP contribution in [-0.2, 0) is 9.59 Å². The van der Waals surface area contributed by atoms with Crippen LogP contribution in [0.4, 0.5) is 0 Å². The Morgan fingerprint density at radius 2 is 2.00 bits per heavy atom. The zero-order valence-electron chi connectivity index (χ0n) is 6.05. The highest BCUT2D eigenvalue weighted by Crippen LogP contribution is 1.93. The van der Waals surface area contributed by atoms with Crippen LogP contribution in [0, 0.1) is 0 Å². The zero-order chi connectivity index (χ0) is 7.49. The molecule has 3 heteroatoms. The van der Waals surface area contributed by atoms with Crippen molar-refractivity contribution in [2.45, 2.75) is 6.92 Å². The standard InChI is InChI=1S/C6H12NO2/c1-6(9)7(2,3)4-5-8/h5H,4H2,1-3H3/q+1. The molecule has 0 atom stereocenters. The molecule has 0 N–H and O–H groups in total. The van der Waals surface area contributed by atoms with Gasteiger partial charge in [-0.25, -0.2) is 4.79 Å². The molecule has 0 aliphatic heterocycles. The number of likely N-dealkylation sites (N-methyl/N-ethyl adjacent to an activating group) is 1. The van der Waals surface area contributed by atoms with Crippen LogP contribution in [0.3, 0.4) is 0 Å². The average molecular weight is 130 g/mol. The van der Waals surface area contributed by atoms with E-state index in [9.17, 15) is 9.59 Å². The van der Waals surface area contributed by atoms with Crippen molar-refractivity contribution < 1.29 is 14.1 Å². The monoisotopic (exact) mass is 130 g/mol. The molecule has 0 radical (unpaired) electrons. The van der Waals surface area contributed by atoms with E-state index in [2.05, 4.69) is 0 Å². The Bertz CT molecular complexity index is 129. The molecule has 0 unspecified atom stereocenters. The maximum atomic E-state index is 10.7. The van der Waals surface area contributed by atoms with E-state index in [0.717, 1.165) is 6.29 Å². The van der Waals surface area contributed by atoms with Crippen LogP contribution < -0.4 is 0 Å². The molecule has 0 aromatic rings. The molecule has 52 valence electrons. The minimum atomic E-state index is 0.00194. The van der Waals surface area contributed by atoms with Crippen LogP contribution in [0.1, 0.15) is 6.92 Å². The van der Waals surface area contributed by atoms with Gasteiger partial charge in [-0.15, -0.1) is 0 Å². The van der Waals surface area contributed by atoms with Gasteiger partial charge in [0.1, 0.15) is 6.54 Å². The lowest BCUT2D eigenvalue weighted by molar-refractivity contribution is -0.803. The molecule has 0 aromatic carbocycles. The summed E-state index contributed by atoms with van der Waals surface area (Å²) >= 11 is 0. The number of quaternary nitrogens is 1. The second-order valence-corrected chi connectivity index (χ2v) is 2.55. The van der Waals surface area contributed by atoms with Gasteiger partial charge in [0.15, 0.2) is 6.29 Å². The summed E-state index contributed by atoms with van der Waals surface area (Å²) in [5.41, 5.74) is 0. The van der Waals surface area contributed by atoms with Crippen molar-refractivity contribution in [3.05, 3.63) is 0 Å². The van der Waals surface area contributed by atoms with E-state index in [-0.39, 0.29) is 16.9 Å². The van der Waals surface area contributed by atoms with E-state index in [4.69, 9.17) is 0 Å². The molecule has 0 bridgehead atoms. The fraction of sp³-hybridized carbons (Fsp3) is 0.667. The number of hydrogen-bond donors (Lipinski definition) is 0. The first-order valence-corrected chi connectivity index (χ1v) is 2.78. The summed E-state index contributed by atoms with van der Waals surface area (Å²) in [4.78, 5) is 20.6. The smallest absolute Gasteiger partial charge is 0.297 e. The van der Waals surface area contributed by atoms with E-state index in [0.29, 0.717) is 0 Å². The van der Waals surface area contributed by atoms with Gasteiger partial charge < -0.3 is 0 Å². The Hall–Kier alpha value is -0.700. The molecule has 0 aromatic heterocycles. The second kappa shape index (κ2) is 2.73. The molecule has 0 aliphatic rings. The number of carbonyl (C=O) groups is 2. The minimum Gasteiger partial charge on any atom is -0.297 e. The first-order chi connectivity index (χ1) is 4.00. The summed E-state index contributed by atoms with van der Waals surface area (Å²) in [6, 6.07) is 0. The topological polar surface area (TPSA) is 34.1 Å². The maximum absolute atomic E-state index is 10.7. The lowest BCUT2D eigenvalue weighted by atomic mass is 10.4. The Kier molecular flexibility index (Phi) is 2.52. The number of aldehydes is 1. The molecule has 0 saturated heterocycles. The Balaban J connectivity index is 4.00. The third-order valence-corrected chi connectivity index (χ3v) is 1.38. The normalized spacial score (nSPS) is 11.0. The number of carbonyl (C=O) groups excluding carboxylic acids is 2.